The maximum atomic E-state index is 3.64. The molecule has 0 bridgehead atoms. The van der Waals surface area contributed by atoms with Crippen LogP contribution in [0.2, 0.25) is 0 Å². The predicted molar refractivity (Wildman–Crippen MR) is 89.3 cm³/mol. The van der Waals surface area contributed by atoms with Crippen LogP contribution >= 0.6 is 0 Å². The Bertz CT molecular complexity index is 264. The van der Waals surface area contributed by atoms with E-state index in [1.54, 1.807) is 0 Å². The highest BCUT2D eigenvalue weighted by atomic mass is 15.3. The van der Waals surface area contributed by atoms with Crippen molar-refractivity contribution in [3.8, 4) is 0 Å². The van der Waals surface area contributed by atoms with Crippen molar-refractivity contribution in [1.82, 2.24) is 15.1 Å². The van der Waals surface area contributed by atoms with Gasteiger partial charge < -0.3 is 5.32 Å². The summed E-state index contributed by atoms with van der Waals surface area (Å²) in [4.78, 5) is 5.31. The molecule has 20 heavy (non-hydrogen) atoms. The fourth-order valence-corrected chi connectivity index (χ4v) is 2.84. The third-order valence-corrected chi connectivity index (χ3v) is 4.92. The van der Waals surface area contributed by atoms with Crippen LogP contribution < -0.4 is 5.32 Å². The van der Waals surface area contributed by atoms with Crippen molar-refractivity contribution in [1.29, 1.82) is 0 Å². The molecule has 1 heterocycles. The van der Waals surface area contributed by atoms with Gasteiger partial charge in [-0.2, -0.15) is 0 Å². The van der Waals surface area contributed by atoms with Crippen molar-refractivity contribution in [2.24, 2.45) is 5.92 Å². The van der Waals surface area contributed by atoms with E-state index < -0.39 is 0 Å². The number of hydrogen-bond donors (Lipinski definition) is 1. The van der Waals surface area contributed by atoms with Gasteiger partial charge in [0.15, 0.2) is 0 Å². The zero-order valence-electron chi connectivity index (χ0n) is 14.9. The van der Waals surface area contributed by atoms with Gasteiger partial charge in [0.2, 0.25) is 0 Å². The summed E-state index contributed by atoms with van der Waals surface area (Å²) >= 11 is 0. The first-order valence-corrected chi connectivity index (χ1v) is 8.47. The second kappa shape index (κ2) is 7.77. The lowest BCUT2D eigenvalue weighted by Gasteiger charge is -2.42. The van der Waals surface area contributed by atoms with Crippen molar-refractivity contribution < 1.29 is 0 Å². The molecule has 0 amide bonds. The fraction of sp³-hybridized carbons (Fsp3) is 1.00. The van der Waals surface area contributed by atoms with Gasteiger partial charge in [-0.15, -0.1) is 0 Å². The fourth-order valence-electron chi connectivity index (χ4n) is 2.84. The average Bonchev–Trinajstić information content (AvgIpc) is 2.42. The number of piperazine rings is 1. The summed E-state index contributed by atoms with van der Waals surface area (Å²) in [7, 11) is 0. The maximum Gasteiger partial charge on any atom is 0.0113 e. The van der Waals surface area contributed by atoms with E-state index in [0.29, 0.717) is 12.0 Å². The van der Waals surface area contributed by atoms with Crippen LogP contribution in [0, 0.1) is 5.92 Å². The van der Waals surface area contributed by atoms with Gasteiger partial charge in [-0.3, -0.25) is 9.80 Å². The lowest BCUT2D eigenvalue weighted by molar-refractivity contribution is 0.0597. The highest BCUT2D eigenvalue weighted by Crippen LogP contribution is 2.16. The first kappa shape index (κ1) is 17.9. The Morgan fingerprint density at radius 2 is 1.45 bits per heavy atom. The van der Waals surface area contributed by atoms with Crippen LogP contribution in [0.15, 0.2) is 0 Å². The van der Waals surface area contributed by atoms with Crippen molar-refractivity contribution >= 4 is 0 Å². The minimum absolute atomic E-state index is 0.225. The predicted octanol–water partition coefficient (Wildman–Crippen LogP) is 2.82. The van der Waals surface area contributed by atoms with Crippen LogP contribution in [0.25, 0.3) is 0 Å². The minimum atomic E-state index is 0.225. The molecular formula is C17H37N3. The highest BCUT2D eigenvalue weighted by Gasteiger charge is 2.26. The molecule has 120 valence electrons. The Labute approximate surface area is 127 Å². The summed E-state index contributed by atoms with van der Waals surface area (Å²) in [6.45, 7) is 22.2. The largest absolute Gasteiger partial charge is 0.312 e. The molecule has 1 aliphatic heterocycles. The molecule has 0 spiro atoms. The van der Waals surface area contributed by atoms with E-state index in [9.17, 15) is 0 Å². The van der Waals surface area contributed by atoms with Crippen LogP contribution in [0.1, 0.15) is 54.9 Å². The third-order valence-electron chi connectivity index (χ3n) is 4.92. The SMILES string of the molecule is CCC(C)N1CCN(C(C)C(C)CNC(C)(C)C)CC1. The number of rotatable bonds is 6. The highest BCUT2D eigenvalue weighted by molar-refractivity contribution is 4.83. The van der Waals surface area contributed by atoms with Gasteiger partial charge in [-0.05, 0) is 53.5 Å². The first-order chi connectivity index (χ1) is 9.24. The Hall–Kier alpha value is -0.120. The second-order valence-electron chi connectivity index (χ2n) is 7.68. The summed E-state index contributed by atoms with van der Waals surface area (Å²) in [5, 5.41) is 3.64. The van der Waals surface area contributed by atoms with Crippen molar-refractivity contribution in [3.05, 3.63) is 0 Å². The molecule has 0 aromatic rings. The van der Waals surface area contributed by atoms with Gasteiger partial charge in [-0.25, -0.2) is 0 Å². The summed E-state index contributed by atoms with van der Waals surface area (Å²) in [6, 6.07) is 1.41. The van der Waals surface area contributed by atoms with Gasteiger partial charge in [-0.1, -0.05) is 13.8 Å². The lowest BCUT2D eigenvalue weighted by atomic mass is 9.99. The molecule has 1 fully saturated rings. The van der Waals surface area contributed by atoms with Crippen LogP contribution in [0.4, 0.5) is 0 Å². The molecule has 0 aliphatic carbocycles. The van der Waals surface area contributed by atoms with E-state index in [0.717, 1.165) is 12.6 Å². The lowest BCUT2D eigenvalue weighted by Crippen LogP contribution is -2.54. The van der Waals surface area contributed by atoms with Gasteiger partial charge in [0.1, 0.15) is 0 Å². The van der Waals surface area contributed by atoms with E-state index in [1.165, 1.54) is 32.6 Å². The molecule has 3 heteroatoms. The molecular weight excluding hydrogens is 246 g/mol. The number of nitrogens with zero attached hydrogens (tertiary/aromatic N) is 2. The van der Waals surface area contributed by atoms with Crippen LogP contribution in [0.3, 0.4) is 0 Å². The normalized spacial score (nSPS) is 23.6. The molecule has 0 aromatic heterocycles. The molecule has 3 unspecified atom stereocenters. The summed E-state index contributed by atoms with van der Waals surface area (Å²) in [6.07, 6.45) is 1.27. The maximum absolute atomic E-state index is 3.64. The van der Waals surface area contributed by atoms with E-state index in [4.69, 9.17) is 0 Å². The first-order valence-electron chi connectivity index (χ1n) is 8.47. The zero-order chi connectivity index (χ0) is 15.3. The Morgan fingerprint density at radius 3 is 1.90 bits per heavy atom. The molecule has 0 radical (unpaired) electrons. The molecule has 3 atom stereocenters. The van der Waals surface area contributed by atoms with Crippen molar-refractivity contribution in [3.63, 3.8) is 0 Å². The molecule has 0 aromatic carbocycles. The van der Waals surface area contributed by atoms with Crippen molar-refractivity contribution in [2.45, 2.75) is 72.5 Å². The molecule has 1 saturated heterocycles. The molecule has 1 aliphatic rings. The number of nitrogens with one attached hydrogen (secondary N) is 1. The Morgan fingerprint density at radius 1 is 0.950 bits per heavy atom. The summed E-state index contributed by atoms with van der Waals surface area (Å²) < 4.78 is 0. The molecule has 3 nitrogen and oxygen atoms in total. The quantitative estimate of drug-likeness (QED) is 0.809. The zero-order valence-corrected chi connectivity index (χ0v) is 14.9. The van der Waals surface area contributed by atoms with E-state index in [2.05, 4.69) is 63.6 Å². The monoisotopic (exact) mass is 283 g/mol. The van der Waals surface area contributed by atoms with Crippen LogP contribution in [-0.2, 0) is 0 Å². The standard InChI is InChI=1S/C17H37N3/c1-8-15(3)19-9-11-20(12-10-19)16(4)14(2)13-18-17(5,6)7/h14-16,18H,8-13H2,1-7H3. The van der Waals surface area contributed by atoms with Gasteiger partial charge >= 0.3 is 0 Å². The van der Waals surface area contributed by atoms with Crippen molar-refractivity contribution in [2.75, 3.05) is 32.7 Å². The second-order valence-corrected chi connectivity index (χ2v) is 7.68. The summed E-state index contributed by atoms with van der Waals surface area (Å²) in [5.41, 5.74) is 0.225. The van der Waals surface area contributed by atoms with E-state index in [-0.39, 0.29) is 5.54 Å². The number of hydrogen-bond acceptors (Lipinski definition) is 3. The molecule has 1 rings (SSSR count). The Balaban J connectivity index is 2.36. The molecule has 1 N–H and O–H groups in total. The van der Waals surface area contributed by atoms with Crippen LogP contribution in [-0.4, -0.2) is 60.1 Å². The summed E-state index contributed by atoms with van der Waals surface area (Å²) in [5.74, 6) is 0.698. The minimum Gasteiger partial charge on any atom is -0.312 e. The van der Waals surface area contributed by atoms with E-state index >= 15 is 0 Å². The van der Waals surface area contributed by atoms with Gasteiger partial charge in [0.25, 0.3) is 0 Å². The van der Waals surface area contributed by atoms with Crippen LogP contribution in [0.5, 0.6) is 0 Å². The third kappa shape index (κ3) is 5.71. The van der Waals surface area contributed by atoms with Gasteiger partial charge in [0.05, 0.1) is 0 Å². The Kier molecular flexibility index (Phi) is 6.96. The van der Waals surface area contributed by atoms with Gasteiger partial charge in [0, 0.05) is 43.8 Å². The smallest absolute Gasteiger partial charge is 0.0113 e. The molecule has 0 saturated carbocycles. The topological polar surface area (TPSA) is 18.5 Å². The average molecular weight is 284 g/mol. The van der Waals surface area contributed by atoms with E-state index in [1.807, 2.05) is 0 Å².